The number of piperidine rings is 1. The first-order valence-corrected chi connectivity index (χ1v) is 10.7. The Labute approximate surface area is 172 Å². The van der Waals surface area contributed by atoms with Crippen molar-refractivity contribution < 1.29 is 0 Å². The fourth-order valence-electron chi connectivity index (χ4n) is 4.37. The highest BCUT2D eigenvalue weighted by molar-refractivity contribution is 7.99. The van der Waals surface area contributed by atoms with Crippen molar-refractivity contribution in [2.45, 2.75) is 60.7 Å². The Morgan fingerprint density at radius 2 is 1.89 bits per heavy atom. The minimum absolute atomic E-state index is 0.312. The van der Waals surface area contributed by atoms with Crippen LogP contribution in [0.3, 0.4) is 0 Å². The molecule has 2 fully saturated rings. The highest BCUT2D eigenvalue weighted by Gasteiger charge is 2.40. The maximum Gasteiger partial charge on any atom is 0.179 e. The van der Waals surface area contributed by atoms with Gasteiger partial charge in [0.25, 0.3) is 0 Å². The molecule has 0 spiro atoms. The Bertz CT molecular complexity index is 1030. The normalized spacial score (nSPS) is 24.1. The molecule has 0 radical (unpaired) electrons. The zero-order valence-corrected chi connectivity index (χ0v) is 17.1. The maximum atomic E-state index is 6.36. The van der Waals surface area contributed by atoms with Crippen LogP contribution in [0, 0.1) is 6.92 Å². The molecule has 5 rings (SSSR count). The first kappa shape index (κ1) is 18.1. The third-order valence-corrected chi connectivity index (χ3v) is 7.23. The van der Waals surface area contributed by atoms with Gasteiger partial charge in [-0.05, 0) is 50.8 Å². The molecule has 28 heavy (non-hydrogen) atoms. The predicted molar refractivity (Wildman–Crippen MR) is 112 cm³/mol. The average molecular weight is 413 g/mol. The molecular weight excluding hydrogens is 392 g/mol. The second-order valence-corrected chi connectivity index (χ2v) is 8.99. The highest BCUT2D eigenvalue weighted by Crippen LogP contribution is 2.38. The number of halogens is 1. The number of pyridine rings is 2. The van der Waals surface area contributed by atoms with E-state index in [9.17, 15) is 0 Å². The topological polar surface area (TPSA) is 80.8 Å². The molecule has 0 aromatic carbocycles. The summed E-state index contributed by atoms with van der Waals surface area (Å²) in [7, 11) is 0. The van der Waals surface area contributed by atoms with Gasteiger partial charge in [-0.2, -0.15) is 0 Å². The second kappa shape index (κ2) is 7.13. The van der Waals surface area contributed by atoms with Gasteiger partial charge in [0.2, 0.25) is 0 Å². The van der Waals surface area contributed by atoms with E-state index in [4.69, 9.17) is 22.3 Å². The number of anilines is 1. The van der Waals surface area contributed by atoms with Crippen molar-refractivity contribution in [2.24, 2.45) is 5.73 Å². The molecular formula is C20H21ClN6S. The maximum absolute atomic E-state index is 6.36. The zero-order valence-electron chi connectivity index (χ0n) is 15.5. The molecule has 3 aromatic heterocycles. The Morgan fingerprint density at radius 3 is 2.68 bits per heavy atom. The summed E-state index contributed by atoms with van der Waals surface area (Å²) in [6.45, 7) is 1.90. The monoisotopic (exact) mass is 412 g/mol. The van der Waals surface area contributed by atoms with Crippen molar-refractivity contribution >= 4 is 40.3 Å². The molecule has 144 valence electrons. The van der Waals surface area contributed by atoms with Crippen LogP contribution in [0.2, 0.25) is 5.02 Å². The van der Waals surface area contributed by atoms with Gasteiger partial charge in [-0.3, -0.25) is 4.98 Å². The number of nitrogens with two attached hydrogens (primary N) is 1. The molecule has 2 aliphatic heterocycles. The summed E-state index contributed by atoms with van der Waals surface area (Å²) in [6.07, 6.45) is 8.08. The van der Waals surface area contributed by atoms with Crippen LogP contribution in [0.15, 0.2) is 40.5 Å². The average Bonchev–Trinajstić information content (AvgIpc) is 2.96. The SMILES string of the molecule is Cc1nccc(Sc2ccc3nc(N4C5CCC4CC(N)C5)cnc3n2)c1Cl. The number of nitrogens with zero attached hydrogens (tertiary/aromatic N) is 5. The predicted octanol–water partition coefficient (Wildman–Crippen LogP) is 3.99. The summed E-state index contributed by atoms with van der Waals surface area (Å²) in [6, 6.07) is 7.14. The van der Waals surface area contributed by atoms with Crippen molar-refractivity contribution in [1.82, 2.24) is 19.9 Å². The quantitative estimate of drug-likeness (QED) is 0.696. The Morgan fingerprint density at radius 1 is 1.11 bits per heavy atom. The lowest BCUT2D eigenvalue weighted by molar-refractivity contribution is 0.412. The fourth-order valence-corrected chi connectivity index (χ4v) is 5.46. The van der Waals surface area contributed by atoms with Crippen LogP contribution in [-0.4, -0.2) is 38.1 Å². The van der Waals surface area contributed by atoms with Gasteiger partial charge in [0.05, 0.1) is 16.9 Å². The molecule has 0 amide bonds. The molecule has 0 saturated carbocycles. The number of aromatic nitrogens is 4. The summed E-state index contributed by atoms with van der Waals surface area (Å²) < 4.78 is 0. The molecule has 2 N–H and O–H groups in total. The first-order chi connectivity index (χ1) is 13.6. The van der Waals surface area contributed by atoms with Crippen LogP contribution in [0.1, 0.15) is 31.4 Å². The van der Waals surface area contributed by atoms with Crippen molar-refractivity contribution in [3.8, 4) is 0 Å². The lowest BCUT2D eigenvalue weighted by Gasteiger charge is -2.38. The van der Waals surface area contributed by atoms with E-state index in [2.05, 4.69) is 19.9 Å². The molecule has 2 aliphatic rings. The van der Waals surface area contributed by atoms with Crippen LogP contribution < -0.4 is 10.6 Å². The summed E-state index contributed by atoms with van der Waals surface area (Å²) in [5.41, 5.74) is 8.47. The molecule has 2 unspecified atom stereocenters. The Hall–Kier alpha value is -1.96. The van der Waals surface area contributed by atoms with Gasteiger partial charge in [-0.1, -0.05) is 23.4 Å². The van der Waals surface area contributed by atoms with E-state index < -0.39 is 0 Å². The third-order valence-electron chi connectivity index (χ3n) is 5.64. The molecule has 2 saturated heterocycles. The van der Waals surface area contributed by atoms with Crippen LogP contribution in [-0.2, 0) is 0 Å². The number of aryl methyl sites for hydroxylation is 1. The van der Waals surface area contributed by atoms with E-state index in [1.54, 1.807) is 6.20 Å². The second-order valence-electron chi connectivity index (χ2n) is 7.55. The molecule has 8 heteroatoms. The van der Waals surface area contributed by atoms with Gasteiger partial charge in [-0.15, -0.1) is 0 Å². The van der Waals surface area contributed by atoms with Crippen molar-refractivity contribution in [3.63, 3.8) is 0 Å². The molecule has 0 aliphatic carbocycles. The van der Waals surface area contributed by atoms with E-state index in [1.165, 1.54) is 24.6 Å². The third kappa shape index (κ3) is 3.21. The lowest BCUT2D eigenvalue weighted by Crippen LogP contribution is -2.47. The Balaban J connectivity index is 1.43. The molecule has 2 bridgehead atoms. The number of rotatable bonds is 3. The van der Waals surface area contributed by atoms with Crippen LogP contribution in [0.5, 0.6) is 0 Å². The van der Waals surface area contributed by atoms with Gasteiger partial charge < -0.3 is 10.6 Å². The van der Waals surface area contributed by atoms with Gasteiger partial charge in [0, 0.05) is 29.2 Å². The van der Waals surface area contributed by atoms with Crippen molar-refractivity contribution in [3.05, 3.63) is 41.3 Å². The van der Waals surface area contributed by atoms with E-state index in [0.717, 1.165) is 39.8 Å². The van der Waals surface area contributed by atoms with E-state index >= 15 is 0 Å². The smallest absolute Gasteiger partial charge is 0.179 e. The number of hydrogen-bond acceptors (Lipinski definition) is 7. The summed E-state index contributed by atoms with van der Waals surface area (Å²) >= 11 is 7.87. The van der Waals surface area contributed by atoms with Gasteiger partial charge in [-0.25, -0.2) is 15.0 Å². The van der Waals surface area contributed by atoms with Crippen molar-refractivity contribution in [1.29, 1.82) is 0 Å². The molecule has 3 aromatic rings. The summed E-state index contributed by atoms with van der Waals surface area (Å²) in [4.78, 5) is 21.7. The van der Waals surface area contributed by atoms with Gasteiger partial charge in [0.15, 0.2) is 5.65 Å². The zero-order chi connectivity index (χ0) is 19.3. The first-order valence-electron chi connectivity index (χ1n) is 9.55. The summed E-state index contributed by atoms with van der Waals surface area (Å²) in [5.74, 6) is 0.946. The van der Waals surface area contributed by atoms with Crippen LogP contribution >= 0.6 is 23.4 Å². The molecule has 6 nitrogen and oxygen atoms in total. The van der Waals surface area contributed by atoms with E-state index in [-0.39, 0.29) is 0 Å². The minimum Gasteiger partial charge on any atom is -0.349 e. The fraction of sp³-hybridized carbons (Fsp3) is 0.400. The highest BCUT2D eigenvalue weighted by atomic mass is 35.5. The molecule has 2 atom stereocenters. The molecule has 5 heterocycles. The van der Waals surface area contributed by atoms with Crippen LogP contribution in [0.4, 0.5) is 5.82 Å². The van der Waals surface area contributed by atoms with Crippen molar-refractivity contribution in [2.75, 3.05) is 4.90 Å². The van der Waals surface area contributed by atoms with E-state index in [1.807, 2.05) is 31.3 Å². The van der Waals surface area contributed by atoms with Gasteiger partial charge in [0.1, 0.15) is 16.4 Å². The largest absolute Gasteiger partial charge is 0.349 e. The standard InChI is InChI=1S/C20H21ClN6S/c1-11-19(21)16(6-7-23-11)28-18-5-4-15-20(26-18)24-10-17(25-15)27-13-2-3-14(27)9-12(22)8-13/h4-7,10,12-14H,2-3,8-9,22H2,1H3. The van der Waals surface area contributed by atoms with E-state index in [0.29, 0.717) is 28.8 Å². The van der Waals surface area contributed by atoms with Crippen LogP contribution in [0.25, 0.3) is 11.2 Å². The summed E-state index contributed by atoms with van der Waals surface area (Å²) in [5, 5.41) is 1.50. The Kier molecular flexibility index (Phi) is 4.61. The van der Waals surface area contributed by atoms with Gasteiger partial charge >= 0.3 is 0 Å². The number of fused-ring (bicyclic) bond motifs is 3. The minimum atomic E-state index is 0.312. The lowest BCUT2D eigenvalue weighted by atomic mass is 9.98. The number of hydrogen-bond donors (Lipinski definition) is 1.